The number of nitrogens with zero attached hydrogens (tertiary/aromatic N) is 1. The average molecular weight is 140 g/mol. The van der Waals surface area contributed by atoms with Crippen molar-refractivity contribution in [2.45, 2.75) is 13.5 Å². The molecule has 1 N–H and O–H groups in total. The van der Waals surface area contributed by atoms with Crippen LogP contribution >= 0.6 is 0 Å². The number of carbonyl (C=O) groups excluding carboxylic acids is 1. The molecular weight excluding hydrogens is 132 g/mol. The molecule has 0 fully saturated rings. The minimum absolute atomic E-state index is 0.0728. The van der Waals surface area contributed by atoms with Gasteiger partial charge in [0.25, 0.3) is 0 Å². The van der Waals surface area contributed by atoms with E-state index in [1.54, 1.807) is 6.07 Å². The topological polar surface area (TPSA) is 55.1 Å². The van der Waals surface area contributed by atoms with Gasteiger partial charge in [-0.05, 0) is 0 Å². The van der Waals surface area contributed by atoms with E-state index in [0.29, 0.717) is 12.3 Å². The molecule has 0 aliphatic rings. The summed E-state index contributed by atoms with van der Waals surface area (Å²) in [5, 5.41) is 6.05. The Morgan fingerprint density at radius 2 is 2.70 bits per heavy atom. The monoisotopic (exact) mass is 140 g/mol. The molecule has 0 aliphatic heterocycles. The van der Waals surface area contributed by atoms with Gasteiger partial charge >= 0.3 is 0 Å². The van der Waals surface area contributed by atoms with Gasteiger partial charge in [0, 0.05) is 13.0 Å². The predicted octanol–water partition coefficient (Wildman–Crippen LogP) is 0.311. The summed E-state index contributed by atoms with van der Waals surface area (Å²) in [4.78, 5) is 10.4. The van der Waals surface area contributed by atoms with Crippen molar-refractivity contribution in [3.05, 3.63) is 18.0 Å². The fraction of sp³-hybridized carbons (Fsp3) is 0.333. The van der Waals surface area contributed by atoms with Gasteiger partial charge in [-0.1, -0.05) is 5.16 Å². The first kappa shape index (κ1) is 6.80. The molecule has 0 aliphatic carbocycles. The van der Waals surface area contributed by atoms with Crippen molar-refractivity contribution in [1.29, 1.82) is 0 Å². The number of aromatic nitrogens is 1. The number of carbonyl (C=O) groups is 1. The first-order valence-corrected chi connectivity index (χ1v) is 2.93. The van der Waals surface area contributed by atoms with Crippen LogP contribution in [0.4, 0.5) is 0 Å². The van der Waals surface area contributed by atoms with E-state index in [1.807, 2.05) is 0 Å². The Morgan fingerprint density at radius 3 is 3.20 bits per heavy atom. The smallest absolute Gasteiger partial charge is 0.217 e. The van der Waals surface area contributed by atoms with E-state index in [0.717, 1.165) is 0 Å². The summed E-state index contributed by atoms with van der Waals surface area (Å²) in [5.41, 5.74) is 0. The van der Waals surface area contributed by atoms with Crippen LogP contribution in [0.5, 0.6) is 0 Å². The Bertz CT molecular complexity index is 206. The molecule has 0 bridgehead atoms. The summed E-state index contributed by atoms with van der Waals surface area (Å²) in [7, 11) is 0. The van der Waals surface area contributed by atoms with Crippen molar-refractivity contribution in [2.75, 3.05) is 0 Å². The highest BCUT2D eigenvalue weighted by Crippen LogP contribution is 1.93. The van der Waals surface area contributed by atoms with Crippen LogP contribution in [-0.4, -0.2) is 11.1 Å². The van der Waals surface area contributed by atoms with E-state index in [1.165, 1.54) is 13.1 Å². The zero-order chi connectivity index (χ0) is 7.40. The number of hydrogen-bond acceptors (Lipinski definition) is 3. The van der Waals surface area contributed by atoms with Crippen LogP contribution < -0.4 is 5.32 Å². The second kappa shape index (κ2) is 3.00. The molecule has 0 saturated carbocycles. The maximum atomic E-state index is 10.4. The molecular formula is C6H8N2O2. The maximum Gasteiger partial charge on any atom is 0.217 e. The molecule has 1 rings (SSSR count). The van der Waals surface area contributed by atoms with E-state index in [2.05, 4.69) is 10.5 Å². The fourth-order valence-electron chi connectivity index (χ4n) is 0.545. The van der Waals surface area contributed by atoms with Crippen LogP contribution in [0.1, 0.15) is 12.7 Å². The summed E-state index contributed by atoms with van der Waals surface area (Å²) < 4.78 is 4.72. The number of hydrogen-bond donors (Lipinski definition) is 1. The molecule has 0 unspecified atom stereocenters. The minimum atomic E-state index is -0.0728. The Labute approximate surface area is 58.2 Å². The molecule has 4 heteroatoms. The summed E-state index contributed by atoms with van der Waals surface area (Å²) in [6.07, 6.45) is 1.54. The van der Waals surface area contributed by atoms with Crippen LogP contribution in [0.2, 0.25) is 0 Å². The van der Waals surface area contributed by atoms with Crippen molar-refractivity contribution < 1.29 is 9.32 Å². The second-order valence-corrected chi connectivity index (χ2v) is 1.89. The van der Waals surface area contributed by atoms with Crippen molar-refractivity contribution in [3.8, 4) is 0 Å². The lowest BCUT2D eigenvalue weighted by Gasteiger charge is -1.94. The lowest BCUT2D eigenvalue weighted by atomic mass is 10.4. The normalized spacial score (nSPS) is 9.30. The summed E-state index contributed by atoms with van der Waals surface area (Å²) in [5.74, 6) is 0.589. The fourth-order valence-corrected chi connectivity index (χ4v) is 0.545. The quantitative estimate of drug-likeness (QED) is 0.643. The van der Waals surface area contributed by atoms with Crippen LogP contribution in [0.15, 0.2) is 16.8 Å². The Kier molecular flexibility index (Phi) is 2.04. The Hall–Kier alpha value is -1.32. The summed E-state index contributed by atoms with van der Waals surface area (Å²) in [6, 6.07) is 1.70. The number of rotatable bonds is 2. The summed E-state index contributed by atoms with van der Waals surface area (Å²) >= 11 is 0. The molecule has 0 spiro atoms. The van der Waals surface area contributed by atoms with Gasteiger partial charge in [-0.25, -0.2) is 0 Å². The van der Waals surface area contributed by atoms with Crippen molar-refractivity contribution >= 4 is 5.91 Å². The van der Waals surface area contributed by atoms with Crippen LogP contribution in [0, 0.1) is 0 Å². The van der Waals surface area contributed by atoms with Gasteiger partial charge in [-0.2, -0.15) is 0 Å². The molecule has 1 amide bonds. The molecule has 54 valence electrons. The predicted molar refractivity (Wildman–Crippen MR) is 34.0 cm³/mol. The van der Waals surface area contributed by atoms with Gasteiger partial charge in [0.1, 0.15) is 0 Å². The first-order chi connectivity index (χ1) is 4.79. The van der Waals surface area contributed by atoms with E-state index in [9.17, 15) is 4.79 Å². The number of nitrogens with one attached hydrogen (secondary N) is 1. The standard InChI is InChI=1S/C6H8N2O2/c1-5(9)7-4-6-2-3-8-10-6/h2-3H,4H2,1H3,(H,7,9). The van der Waals surface area contributed by atoms with E-state index < -0.39 is 0 Å². The van der Waals surface area contributed by atoms with E-state index >= 15 is 0 Å². The SMILES string of the molecule is CC(=O)NCc1ccno1. The zero-order valence-corrected chi connectivity index (χ0v) is 5.63. The minimum Gasteiger partial charge on any atom is -0.360 e. The van der Waals surface area contributed by atoms with Gasteiger partial charge in [0.05, 0.1) is 12.7 Å². The molecule has 0 atom stereocenters. The highest BCUT2D eigenvalue weighted by atomic mass is 16.5. The Morgan fingerprint density at radius 1 is 1.90 bits per heavy atom. The van der Waals surface area contributed by atoms with Crippen LogP contribution in [0.3, 0.4) is 0 Å². The Balaban J connectivity index is 2.35. The highest BCUT2D eigenvalue weighted by Gasteiger charge is 1.95. The average Bonchev–Trinajstić information content (AvgIpc) is 2.34. The molecule has 1 heterocycles. The lowest BCUT2D eigenvalue weighted by Crippen LogP contribution is -2.18. The second-order valence-electron chi connectivity index (χ2n) is 1.89. The van der Waals surface area contributed by atoms with E-state index in [4.69, 9.17) is 4.52 Å². The summed E-state index contributed by atoms with van der Waals surface area (Å²) in [6.45, 7) is 1.87. The van der Waals surface area contributed by atoms with Crippen molar-refractivity contribution in [2.24, 2.45) is 0 Å². The lowest BCUT2D eigenvalue weighted by molar-refractivity contribution is -0.119. The molecule has 4 nitrogen and oxygen atoms in total. The third kappa shape index (κ3) is 1.89. The third-order valence-electron chi connectivity index (χ3n) is 1.00. The van der Waals surface area contributed by atoms with Gasteiger partial charge in [0.2, 0.25) is 5.91 Å². The molecule has 1 aromatic rings. The van der Waals surface area contributed by atoms with Gasteiger partial charge in [-0.15, -0.1) is 0 Å². The van der Waals surface area contributed by atoms with E-state index in [-0.39, 0.29) is 5.91 Å². The van der Waals surface area contributed by atoms with Gasteiger partial charge in [0.15, 0.2) is 5.76 Å². The molecule has 1 aromatic heterocycles. The van der Waals surface area contributed by atoms with Crippen molar-refractivity contribution in [1.82, 2.24) is 10.5 Å². The first-order valence-electron chi connectivity index (χ1n) is 2.93. The molecule has 0 radical (unpaired) electrons. The molecule has 10 heavy (non-hydrogen) atoms. The number of amides is 1. The molecule has 0 aromatic carbocycles. The third-order valence-corrected chi connectivity index (χ3v) is 1.00. The van der Waals surface area contributed by atoms with Crippen LogP contribution in [-0.2, 0) is 11.3 Å². The van der Waals surface area contributed by atoms with Crippen molar-refractivity contribution in [3.63, 3.8) is 0 Å². The van der Waals surface area contributed by atoms with Crippen LogP contribution in [0.25, 0.3) is 0 Å². The van der Waals surface area contributed by atoms with Gasteiger partial charge < -0.3 is 9.84 Å². The molecule has 0 saturated heterocycles. The van der Waals surface area contributed by atoms with Gasteiger partial charge in [-0.3, -0.25) is 4.79 Å². The largest absolute Gasteiger partial charge is 0.360 e. The maximum absolute atomic E-state index is 10.4. The zero-order valence-electron chi connectivity index (χ0n) is 5.63. The highest BCUT2D eigenvalue weighted by molar-refractivity contribution is 5.72.